The number of nitrogens with one attached hydrogen (secondary N) is 1. The summed E-state index contributed by atoms with van der Waals surface area (Å²) in [6.07, 6.45) is 3.03. The van der Waals surface area contributed by atoms with Crippen LogP contribution in [-0.2, 0) is 9.59 Å². The first-order valence-electron chi connectivity index (χ1n) is 10.4. The molecule has 3 aromatic rings. The average Bonchev–Trinajstić information content (AvgIpc) is 3.11. The van der Waals surface area contributed by atoms with Gasteiger partial charge in [0.05, 0.1) is 11.3 Å². The van der Waals surface area contributed by atoms with Gasteiger partial charge in [0, 0.05) is 20.0 Å². The first-order valence-corrected chi connectivity index (χ1v) is 10.4. The SMILES string of the molecule is CN1CCCCC1=O.O=C1Nc2ccccc2C1=O.c1ccc(-c2ccccc2)cc1. The summed E-state index contributed by atoms with van der Waals surface area (Å²) in [6.45, 7) is 0.957. The number of carbonyl (C=O) groups excluding carboxylic acids is 3. The van der Waals surface area contributed by atoms with Crippen molar-refractivity contribution in [3.8, 4) is 11.1 Å². The van der Waals surface area contributed by atoms with Gasteiger partial charge in [-0.25, -0.2) is 0 Å². The maximum atomic E-state index is 11.0. The van der Waals surface area contributed by atoms with Gasteiger partial charge in [0.25, 0.3) is 11.7 Å². The largest absolute Gasteiger partial charge is 0.346 e. The fourth-order valence-electron chi connectivity index (χ4n) is 3.29. The highest BCUT2D eigenvalue weighted by Gasteiger charge is 2.26. The molecule has 2 heterocycles. The molecule has 2 amide bonds. The molecule has 5 nitrogen and oxygen atoms in total. The fourth-order valence-corrected chi connectivity index (χ4v) is 3.29. The van der Waals surface area contributed by atoms with Crippen LogP contribution in [0.2, 0.25) is 0 Å². The van der Waals surface area contributed by atoms with Gasteiger partial charge in [-0.1, -0.05) is 72.8 Å². The van der Waals surface area contributed by atoms with Gasteiger partial charge >= 0.3 is 0 Å². The third-order valence-corrected chi connectivity index (χ3v) is 5.07. The van der Waals surface area contributed by atoms with Crippen LogP contribution in [-0.4, -0.2) is 36.1 Å². The lowest BCUT2D eigenvalue weighted by Gasteiger charge is -2.21. The molecule has 1 fully saturated rings. The van der Waals surface area contributed by atoms with Gasteiger partial charge in [0.15, 0.2) is 0 Å². The third kappa shape index (κ3) is 6.12. The minimum absolute atomic E-state index is 0.302. The highest BCUT2D eigenvalue weighted by molar-refractivity contribution is 6.51. The topological polar surface area (TPSA) is 66.5 Å². The number of piperidine rings is 1. The maximum Gasteiger partial charge on any atom is 0.296 e. The van der Waals surface area contributed by atoms with E-state index >= 15 is 0 Å². The second kappa shape index (κ2) is 10.9. The maximum absolute atomic E-state index is 11.0. The molecule has 0 saturated carbocycles. The van der Waals surface area contributed by atoms with E-state index in [2.05, 4.69) is 53.8 Å². The molecule has 0 aromatic heterocycles. The molecule has 0 spiro atoms. The van der Waals surface area contributed by atoms with E-state index in [1.54, 1.807) is 29.2 Å². The highest BCUT2D eigenvalue weighted by Crippen LogP contribution is 2.21. The van der Waals surface area contributed by atoms with Crippen LogP contribution in [0.5, 0.6) is 0 Å². The second-order valence-electron chi connectivity index (χ2n) is 7.33. The molecule has 5 rings (SSSR count). The van der Waals surface area contributed by atoms with Crippen molar-refractivity contribution in [1.29, 1.82) is 0 Å². The number of para-hydroxylation sites is 1. The van der Waals surface area contributed by atoms with Crippen LogP contribution in [0.1, 0.15) is 29.6 Å². The summed E-state index contributed by atoms with van der Waals surface area (Å²) in [7, 11) is 1.86. The van der Waals surface area contributed by atoms with Crippen LogP contribution >= 0.6 is 0 Å². The molecule has 0 atom stereocenters. The summed E-state index contributed by atoms with van der Waals surface area (Å²) in [5.74, 6) is -0.678. The van der Waals surface area contributed by atoms with Crippen LogP contribution in [0.15, 0.2) is 84.9 Å². The molecule has 0 bridgehead atoms. The summed E-state index contributed by atoms with van der Waals surface area (Å²) in [5, 5.41) is 2.46. The molecule has 158 valence electrons. The molecule has 2 aliphatic rings. The molecular weight excluding hydrogens is 388 g/mol. The van der Waals surface area contributed by atoms with Crippen LogP contribution in [0, 0.1) is 0 Å². The number of hydrogen-bond donors (Lipinski definition) is 1. The average molecular weight is 415 g/mol. The number of Topliss-reactive ketones (excluding diaryl/α,β-unsaturated/α-hetero) is 1. The Balaban J connectivity index is 0.000000135. The van der Waals surface area contributed by atoms with Crippen LogP contribution in [0.25, 0.3) is 11.1 Å². The first-order chi connectivity index (χ1) is 15.1. The van der Waals surface area contributed by atoms with Gasteiger partial charge in [-0.3, -0.25) is 14.4 Å². The number of fused-ring (bicyclic) bond motifs is 1. The van der Waals surface area contributed by atoms with Gasteiger partial charge in [-0.2, -0.15) is 0 Å². The van der Waals surface area contributed by atoms with Crippen LogP contribution in [0.4, 0.5) is 5.69 Å². The van der Waals surface area contributed by atoms with E-state index < -0.39 is 11.7 Å². The zero-order valence-corrected chi connectivity index (χ0v) is 17.6. The normalized spacial score (nSPS) is 14.5. The van der Waals surface area contributed by atoms with E-state index in [0.717, 1.165) is 19.4 Å². The van der Waals surface area contributed by atoms with Crippen molar-refractivity contribution in [1.82, 2.24) is 4.90 Å². The first kappa shape index (κ1) is 22.0. The lowest BCUT2D eigenvalue weighted by Crippen LogP contribution is -2.31. The molecule has 0 radical (unpaired) electrons. The van der Waals surface area contributed by atoms with Crippen LogP contribution in [0.3, 0.4) is 0 Å². The van der Waals surface area contributed by atoms with E-state index in [0.29, 0.717) is 17.2 Å². The Morgan fingerprint density at radius 1 is 0.710 bits per heavy atom. The molecule has 3 aromatic carbocycles. The lowest BCUT2D eigenvalue weighted by atomic mass is 10.1. The van der Waals surface area contributed by atoms with Gasteiger partial charge in [-0.15, -0.1) is 0 Å². The Labute approximate surface area is 182 Å². The highest BCUT2D eigenvalue weighted by atomic mass is 16.2. The van der Waals surface area contributed by atoms with E-state index in [1.165, 1.54) is 17.5 Å². The van der Waals surface area contributed by atoms with E-state index in [4.69, 9.17) is 0 Å². The minimum atomic E-state index is -0.536. The van der Waals surface area contributed by atoms with Crippen molar-refractivity contribution in [2.75, 3.05) is 18.9 Å². The lowest BCUT2D eigenvalue weighted by molar-refractivity contribution is -0.131. The molecule has 1 saturated heterocycles. The number of carbonyl (C=O) groups is 3. The zero-order valence-electron chi connectivity index (χ0n) is 17.6. The molecular formula is C26H26N2O3. The quantitative estimate of drug-likeness (QED) is 0.582. The standard InChI is InChI=1S/C12H10.C8H5NO2.C6H11NO/c1-3-7-11(8-4-1)12-9-5-2-6-10-12;10-7-5-3-1-2-4-6(5)9-8(7)11;1-7-5-3-2-4-6(7)8/h1-10H;1-4H,(H,9,10,11);2-5H2,1H3. The van der Waals surface area contributed by atoms with Crippen molar-refractivity contribution in [3.05, 3.63) is 90.5 Å². The van der Waals surface area contributed by atoms with Crippen molar-refractivity contribution in [3.63, 3.8) is 0 Å². The Morgan fingerprint density at radius 2 is 1.26 bits per heavy atom. The van der Waals surface area contributed by atoms with Gasteiger partial charge in [-0.05, 0) is 36.1 Å². The number of ketones is 1. The molecule has 0 unspecified atom stereocenters. The van der Waals surface area contributed by atoms with Gasteiger partial charge in [0.2, 0.25) is 5.91 Å². The van der Waals surface area contributed by atoms with Crippen molar-refractivity contribution in [2.24, 2.45) is 0 Å². The van der Waals surface area contributed by atoms with Crippen molar-refractivity contribution >= 4 is 23.3 Å². The monoisotopic (exact) mass is 414 g/mol. The van der Waals surface area contributed by atoms with Crippen molar-refractivity contribution in [2.45, 2.75) is 19.3 Å². The Hall–Kier alpha value is -3.73. The number of nitrogens with zero attached hydrogens (tertiary/aromatic N) is 1. The summed E-state index contributed by atoms with van der Waals surface area (Å²) in [5.41, 5.74) is 3.64. The van der Waals surface area contributed by atoms with Crippen molar-refractivity contribution < 1.29 is 14.4 Å². The Bertz CT molecular complexity index is 995. The predicted octanol–water partition coefficient (Wildman–Crippen LogP) is 4.80. The number of anilines is 1. The Morgan fingerprint density at radius 3 is 1.74 bits per heavy atom. The minimum Gasteiger partial charge on any atom is -0.346 e. The molecule has 0 aliphatic carbocycles. The number of rotatable bonds is 1. The van der Waals surface area contributed by atoms with E-state index in [1.807, 2.05) is 19.2 Å². The number of benzene rings is 3. The molecule has 1 N–H and O–H groups in total. The Kier molecular flexibility index (Phi) is 7.71. The van der Waals surface area contributed by atoms with Gasteiger partial charge < -0.3 is 10.2 Å². The zero-order chi connectivity index (χ0) is 22.1. The number of amides is 2. The van der Waals surface area contributed by atoms with Crippen LogP contribution < -0.4 is 5.32 Å². The molecule has 2 aliphatic heterocycles. The fraction of sp³-hybridized carbons (Fsp3) is 0.192. The molecule has 31 heavy (non-hydrogen) atoms. The number of hydrogen-bond acceptors (Lipinski definition) is 3. The van der Waals surface area contributed by atoms with Gasteiger partial charge in [0.1, 0.15) is 0 Å². The van der Waals surface area contributed by atoms with E-state index in [-0.39, 0.29) is 0 Å². The smallest absolute Gasteiger partial charge is 0.296 e. The second-order valence-corrected chi connectivity index (χ2v) is 7.33. The predicted molar refractivity (Wildman–Crippen MR) is 123 cm³/mol. The van der Waals surface area contributed by atoms with E-state index in [9.17, 15) is 14.4 Å². The molecule has 5 heteroatoms. The summed E-state index contributed by atoms with van der Waals surface area (Å²) < 4.78 is 0. The summed E-state index contributed by atoms with van der Waals surface area (Å²) >= 11 is 0. The summed E-state index contributed by atoms with van der Waals surface area (Å²) in [4.78, 5) is 34.3. The summed E-state index contributed by atoms with van der Waals surface area (Å²) in [6, 6.07) is 27.6. The third-order valence-electron chi connectivity index (χ3n) is 5.07. The number of likely N-dealkylation sites (tertiary alicyclic amines) is 1.